The summed E-state index contributed by atoms with van der Waals surface area (Å²) in [6.45, 7) is 8.79. The number of aromatic nitrogens is 2. The third-order valence-corrected chi connectivity index (χ3v) is 3.37. The minimum atomic E-state index is -0.491. The summed E-state index contributed by atoms with van der Waals surface area (Å²) >= 11 is 0. The van der Waals surface area contributed by atoms with E-state index < -0.39 is 6.10 Å². The first-order valence-electron chi connectivity index (χ1n) is 6.95. The van der Waals surface area contributed by atoms with Gasteiger partial charge in [-0.25, -0.2) is 0 Å². The van der Waals surface area contributed by atoms with E-state index in [9.17, 15) is 5.11 Å². The fourth-order valence-electron chi connectivity index (χ4n) is 2.11. The molecule has 1 heterocycles. The Hall–Kier alpha value is -0.870. The predicted molar refractivity (Wildman–Crippen MR) is 72.6 cm³/mol. The third kappa shape index (κ3) is 4.10. The minimum absolute atomic E-state index is 0.145. The number of ether oxygens (including phenoxy) is 1. The molecule has 4 heteroatoms. The maximum absolute atomic E-state index is 9.99. The van der Waals surface area contributed by atoms with Gasteiger partial charge in [0.2, 0.25) is 0 Å². The SMILES string of the molecule is CCOC(C)C(O)Cc1ccn(C(CC)CC)n1. The van der Waals surface area contributed by atoms with Crippen molar-refractivity contribution in [1.29, 1.82) is 0 Å². The normalized spacial score (nSPS) is 15.0. The van der Waals surface area contributed by atoms with E-state index >= 15 is 0 Å². The summed E-state index contributed by atoms with van der Waals surface area (Å²) in [7, 11) is 0. The van der Waals surface area contributed by atoms with Gasteiger partial charge in [-0.15, -0.1) is 0 Å². The van der Waals surface area contributed by atoms with Crippen LogP contribution in [0.1, 0.15) is 52.3 Å². The first-order chi connectivity index (χ1) is 8.62. The number of hydrogen-bond acceptors (Lipinski definition) is 3. The first-order valence-corrected chi connectivity index (χ1v) is 6.95. The molecular formula is C14H26N2O2. The van der Waals surface area contributed by atoms with Gasteiger partial charge >= 0.3 is 0 Å². The lowest BCUT2D eigenvalue weighted by Crippen LogP contribution is -2.28. The van der Waals surface area contributed by atoms with Crippen molar-refractivity contribution in [3.8, 4) is 0 Å². The van der Waals surface area contributed by atoms with Gasteiger partial charge < -0.3 is 9.84 Å². The molecular weight excluding hydrogens is 228 g/mol. The zero-order valence-electron chi connectivity index (χ0n) is 12.0. The van der Waals surface area contributed by atoms with Crippen LogP contribution in [0.25, 0.3) is 0 Å². The lowest BCUT2D eigenvalue weighted by Gasteiger charge is -2.18. The van der Waals surface area contributed by atoms with Crippen molar-refractivity contribution in [3.05, 3.63) is 18.0 Å². The van der Waals surface area contributed by atoms with Crippen LogP contribution >= 0.6 is 0 Å². The summed E-state index contributed by atoms with van der Waals surface area (Å²) < 4.78 is 7.40. The molecule has 0 aliphatic carbocycles. The van der Waals surface area contributed by atoms with E-state index in [-0.39, 0.29) is 6.10 Å². The first kappa shape index (κ1) is 15.2. The molecule has 0 fully saturated rings. The van der Waals surface area contributed by atoms with Crippen LogP contribution in [-0.4, -0.2) is 33.7 Å². The van der Waals surface area contributed by atoms with Gasteiger partial charge in [-0.3, -0.25) is 4.68 Å². The smallest absolute Gasteiger partial charge is 0.0855 e. The average molecular weight is 254 g/mol. The Kier molecular flexibility index (Phi) is 6.36. The minimum Gasteiger partial charge on any atom is -0.390 e. The highest BCUT2D eigenvalue weighted by Gasteiger charge is 2.17. The van der Waals surface area contributed by atoms with Crippen LogP contribution in [0.3, 0.4) is 0 Å². The van der Waals surface area contributed by atoms with E-state index in [1.54, 1.807) is 0 Å². The summed E-state index contributed by atoms with van der Waals surface area (Å²) in [4.78, 5) is 0. The van der Waals surface area contributed by atoms with Crippen LogP contribution < -0.4 is 0 Å². The molecule has 0 saturated carbocycles. The highest BCUT2D eigenvalue weighted by molar-refractivity contribution is 5.02. The second-order valence-corrected chi connectivity index (χ2v) is 4.69. The Morgan fingerprint density at radius 3 is 2.56 bits per heavy atom. The summed E-state index contributed by atoms with van der Waals surface area (Å²) in [6.07, 6.45) is 4.08. The Labute approximate surface area is 110 Å². The Bertz CT molecular complexity index is 334. The molecule has 1 N–H and O–H groups in total. The fraction of sp³-hybridized carbons (Fsp3) is 0.786. The second kappa shape index (κ2) is 7.54. The van der Waals surface area contributed by atoms with Crippen LogP contribution in [-0.2, 0) is 11.2 Å². The highest BCUT2D eigenvalue weighted by Crippen LogP contribution is 2.15. The van der Waals surface area contributed by atoms with Gasteiger partial charge in [0, 0.05) is 19.2 Å². The molecule has 2 atom stereocenters. The molecule has 1 rings (SSSR count). The summed E-state index contributed by atoms with van der Waals surface area (Å²) in [6, 6.07) is 2.44. The van der Waals surface area contributed by atoms with Gasteiger partial charge in [0.15, 0.2) is 0 Å². The molecule has 0 saturated heterocycles. The van der Waals surface area contributed by atoms with Crippen molar-refractivity contribution >= 4 is 0 Å². The molecule has 1 aromatic heterocycles. The molecule has 0 amide bonds. The zero-order valence-corrected chi connectivity index (χ0v) is 12.0. The molecule has 0 bridgehead atoms. The third-order valence-electron chi connectivity index (χ3n) is 3.37. The zero-order chi connectivity index (χ0) is 13.5. The van der Waals surface area contributed by atoms with Crippen LogP contribution in [0.2, 0.25) is 0 Å². The molecule has 1 aromatic rings. The maximum Gasteiger partial charge on any atom is 0.0855 e. The molecule has 18 heavy (non-hydrogen) atoms. The topological polar surface area (TPSA) is 47.3 Å². The standard InChI is InChI=1S/C14H26N2O2/c1-5-13(6-2)16-9-8-12(15-16)10-14(17)11(4)18-7-3/h8-9,11,13-14,17H,5-7,10H2,1-4H3. The van der Waals surface area contributed by atoms with Gasteiger partial charge in [-0.1, -0.05) is 13.8 Å². The highest BCUT2D eigenvalue weighted by atomic mass is 16.5. The number of nitrogens with zero attached hydrogens (tertiary/aromatic N) is 2. The van der Waals surface area contributed by atoms with E-state index in [1.807, 2.05) is 30.8 Å². The maximum atomic E-state index is 9.99. The van der Waals surface area contributed by atoms with E-state index in [0.717, 1.165) is 18.5 Å². The van der Waals surface area contributed by atoms with Gasteiger partial charge in [-0.05, 0) is 32.8 Å². The quantitative estimate of drug-likeness (QED) is 0.775. The van der Waals surface area contributed by atoms with E-state index in [1.165, 1.54) is 0 Å². The molecule has 104 valence electrons. The number of aliphatic hydroxyl groups excluding tert-OH is 1. The Morgan fingerprint density at radius 2 is 2.00 bits per heavy atom. The molecule has 2 unspecified atom stereocenters. The van der Waals surface area contributed by atoms with Crippen molar-refractivity contribution in [2.24, 2.45) is 0 Å². The van der Waals surface area contributed by atoms with Gasteiger partial charge in [0.25, 0.3) is 0 Å². The van der Waals surface area contributed by atoms with Gasteiger partial charge in [0.05, 0.1) is 23.9 Å². The van der Waals surface area contributed by atoms with Crippen molar-refractivity contribution < 1.29 is 9.84 Å². The molecule has 0 radical (unpaired) electrons. The average Bonchev–Trinajstić information content (AvgIpc) is 2.79. The Balaban J connectivity index is 2.58. The van der Waals surface area contributed by atoms with E-state index in [4.69, 9.17) is 4.74 Å². The lowest BCUT2D eigenvalue weighted by atomic mass is 10.1. The molecule has 4 nitrogen and oxygen atoms in total. The Morgan fingerprint density at radius 1 is 1.33 bits per heavy atom. The van der Waals surface area contributed by atoms with Crippen molar-refractivity contribution in [1.82, 2.24) is 9.78 Å². The lowest BCUT2D eigenvalue weighted by molar-refractivity contribution is -0.0212. The summed E-state index contributed by atoms with van der Waals surface area (Å²) in [5.74, 6) is 0. The van der Waals surface area contributed by atoms with E-state index in [0.29, 0.717) is 19.1 Å². The van der Waals surface area contributed by atoms with Crippen LogP contribution in [0.5, 0.6) is 0 Å². The molecule has 0 aliphatic rings. The van der Waals surface area contributed by atoms with Gasteiger partial charge in [0.1, 0.15) is 0 Å². The monoisotopic (exact) mass is 254 g/mol. The summed E-state index contributed by atoms with van der Waals surface area (Å²) in [5.41, 5.74) is 0.931. The van der Waals surface area contributed by atoms with Crippen molar-refractivity contribution in [2.45, 2.75) is 65.2 Å². The molecule has 0 aromatic carbocycles. The fourth-order valence-corrected chi connectivity index (χ4v) is 2.11. The van der Waals surface area contributed by atoms with Gasteiger partial charge in [-0.2, -0.15) is 5.10 Å². The number of hydrogen-bond donors (Lipinski definition) is 1. The van der Waals surface area contributed by atoms with Crippen molar-refractivity contribution in [2.75, 3.05) is 6.61 Å². The molecule has 0 aliphatic heterocycles. The van der Waals surface area contributed by atoms with E-state index in [2.05, 4.69) is 18.9 Å². The van der Waals surface area contributed by atoms with Crippen molar-refractivity contribution in [3.63, 3.8) is 0 Å². The van der Waals surface area contributed by atoms with Crippen LogP contribution in [0.4, 0.5) is 0 Å². The largest absolute Gasteiger partial charge is 0.390 e. The number of aliphatic hydroxyl groups is 1. The van der Waals surface area contributed by atoms with Crippen LogP contribution in [0, 0.1) is 0 Å². The summed E-state index contributed by atoms with van der Waals surface area (Å²) in [5, 5.41) is 14.5. The predicted octanol–water partition coefficient (Wildman–Crippen LogP) is 2.57. The molecule has 0 spiro atoms. The number of rotatable bonds is 8. The second-order valence-electron chi connectivity index (χ2n) is 4.69. The van der Waals surface area contributed by atoms with Crippen LogP contribution in [0.15, 0.2) is 12.3 Å².